The Morgan fingerprint density at radius 2 is 2.05 bits per heavy atom. The lowest BCUT2D eigenvalue weighted by Crippen LogP contribution is -2.36. The molecule has 1 aromatic carbocycles. The second-order valence-electron chi connectivity index (χ2n) is 4.55. The molecule has 0 spiro atoms. The quantitative estimate of drug-likeness (QED) is 0.801. The normalized spacial score (nSPS) is 15.2. The van der Waals surface area contributed by atoms with Crippen LogP contribution in [0.5, 0.6) is 0 Å². The monoisotopic (exact) mass is 304 g/mol. The van der Waals surface area contributed by atoms with Gasteiger partial charge in [0.1, 0.15) is 0 Å². The standard InChI is InChI=1S/C12H20N2O3S2/c1-9-6-12(5-4-11(9)7-13)19(16,17)14-10(2)8-18(3)15/h4-6,10,14H,7-8,13H2,1-3H3. The molecule has 2 atom stereocenters. The predicted molar refractivity (Wildman–Crippen MR) is 77.8 cm³/mol. The van der Waals surface area contributed by atoms with Crippen LogP contribution in [0.1, 0.15) is 18.1 Å². The minimum absolute atomic E-state index is 0.205. The van der Waals surface area contributed by atoms with Crippen LogP contribution >= 0.6 is 0 Å². The molecule has 0 saturated carbocycles. The Hall–Kier alpha value is -0.760. The third-order valence-corrected chi connectivity index (χ3v) is 5.24. The first kappa shape index (κ1) is 16.3. The summed E-state index contributed by atoms with van der Waals surface area (Å²) in [4.78, 5) is 0.205. The molecule has 19 heavy (non-hydrogen) atoms. The van der Waals surface area contributed by atoms with Crippen LogP contribution in [0.25, 0.3) is 0 Å². The molecule has 1 rings (SSSR count). The van der Waals surface area contributed by atoms with Gasteiger partial charge in [0.05, 0.1) is 4.90 Å². The average molecular weight is 304 g/mol. The third-order valence-electron chi connectivity index (χ3n) is 2.69. The lowest BCUT2D eigenvalue weighted by atomic mass is 10.1. The van der Waals surface area contributed by atoms with Gasteiger partial charge in [-0.2, -0.15) is 0 Å². The highest BCUT2D eigenvalue weighted by atomic mass is 32.2. The van der Waals surface area contributed by atoms with E-state index in [4.69, 9.17) is 5.73 Å². The van der Waals surface area contributed by atoms with Crippen LogP contribution in [0.2, 0.25) is 0 Å². The van der Waals surface area contributed by atoms with Crippen molar-refractivity contribution in [2.24, 2.45) is 5.73 Å². The topological polar surface area (TPSA) is 89.3 Å². The summed E-state index contributed by atoms with van der Waals surface area (Å²) in [5, 5.41) is 0. The molecule has 2 unspecified atom stereocenters. The zero-order valence-corrected chi connectivity index (χ0v) is 13.0. The van der Waals surface area contributed by atoms with Gasteiger partial charge < -0.3 is 5.73 Å². The lowest BCUT2D eigenvalue weighted by molar-refractivity contribution is 0.570. The minimum atomic E-state index is -3.58. The van der Waals surface area contributed by atoms with Gasteiger partial charge in [-0.1, -0.05) is 6.07 Å². The Morgan fingerprint density at radius 3 is 2.53 bits per heavy atom. The fourth-order valence-electron chi connectivity index (χ4n) is 1.78. The molecule has 0 radical (unpaired) electrons. The van der Waals surface area contributed by atoms with Gasteiger partial charge in [-0.3, -0.25) is 4.21 Å². The van der Waals surface area contributed by atoms with Crippen molar-refractivity contribution in [3.05, 3.63) is 29.3 Å². The smallest absolute Gasteiger partial charge is 0.240 e. The number of sulfonamides is 1. The van der Waals surface area contributed by atoms with Crippen molar-refractivity contribution >= 4 is 20.8 Å². The molecule has 1 aromatic rings. The summed E-state index contributed by atoms with van der Waals surface area (Å²) in [5.74, 6) is 0.291. The molecule has 3 N–H and O–H groups in total. The van der Waals surface area contributed by atoms with Gasteiger partial charge in [0.15, 0.2) is 0 Å². The first-order valence-corrected chi connectivity index (χ1v) is 9.09. The maximum atomic E-state index is 12.1. The van der Waals surface area contributed by atoms with Gasteiger partial charge >= 0.3 is 0 Å². The van der Waals surface area contributed by atoms with Crippen molar-refractivity contribution in [2.45, 2.75) is 31.3 Å². The molecule has 0 bridgehead atoms. The molecule has 0 saturated heterocycles. The number of hydrogen-bond donors (Lipinski definition) is 2. The maximum absolute atomic E-state index is 12.1. The van der Waals surface area contributed by atoms with E-state index >= 15 is 0 Å². The van der Waals surface area contributed by atoms with Gasteiger partial charge in [-0.25, -0.2) is 13.1 Å². The van der Waals surface area contributed by atoms with Crippen molar-refractivity contribution in [2.75, 3.05) is 12.0 Å². The second kappa shape index (κ2) is 6.60. The summed E-state index contributed by atoms with van der Waals surface area (Å²) < 4.78 is 37.9. The zero-order chi connectivity index (χ0) is 14.6. The van der Waals surface area contributed by atoms with Crippen molar-refractivity contribution < 1.29 is 12.6 Å². The van der Waals surface area contributed by atoms with E-state index in [9.17, 15) is 12.6 Å². The number of benzene rings is 1. The van der Waals surface area contributed by atoms with E-state index in [2.05, 4.69) is 4.72 Å². The predicted octanol–water partition coefficient (Wildman–Crippen LogP) is 0.499. The summed E-state index contributed by atoms with van der Waals surface area (Å²) in [5.41, 5.74) is 7.31. The third kappa shape index (κ3) is 4.68. The maximum Gasteiger partial charge on any atom is 0.240 e. The molecule has 7 heteroatoms. The number of hydrogen-bond acceptors (Lipinski definition) is 4. The fraction of sp³-hybridized carbons (Fsp3) is 0.500. The molecule has 0 aliphatic rings. The van der Waals surface area contributed by atoms with Crippen LogP contribution in [-0.4, -0.2) is 30.7 Å². The molecule has 5 nitrogen and oxygen atoms in total. The van der Waals surface area contributed by atoms with Crippen LogP contribution in [0.15, 0.2) is 23.1 Å². The van der Waals surface area contributed by atoms with Crippen LogP contribution in [0.3, 0.4) is 0 Å². The van der Waals surface area contributed by atoms with Crippen molar-refractivity contribution in [1.29, 1.82) is 0 Å². The van der Waals surface area contributed by atoms with E-state index in [1.54, 1.807) is 25.3 Å². The Kier molecular flexibility index (Phi) is 5.66. The highest BCUT2D eigenvalue weighted by molar-refractivity contribution is 7.89. The van der Waals surface area contributed by atoms with Gasteiger partial charge in [0, 0.05) is 35.4 Å². The van der Waals surface area contributed by atoms with Gasteiger partial charge in [-0.15, -0.1) is 0 Å². The van der Waals surface area contributed by atoms with Gasteiger partial charge in [0.2, 0.25) is 10.0 Å². The molecule has 0 fully saturated rings. The second-order valence-corrected chi connectivity index (χ2v) is 7.75. The first-order chi connectivity index (χ1) is 8.76. The Morgan fingerprint density at radius 1 is 1.42 bits per heavy atom. The van der Waals surface area contributed by atoms with Crippen molar-refractivity contribution in [3.63, 3.8) is 0 Å². The molecule has 0 aliphatic heterocycles. The Labute approximate surface area is 117 Å². The highest BCUT2D eigenvalue weighted by Gasteiger charge is 2.18. The highest BCUT2D eigenvalue weighted by Crippen LogP contribution is 2.15. The SMILES string of the molecule is Cc1cc(S(=O)(=O)NC(C)CS(C)=O)ccc1CN. The van der Waals surface area contributed by atoms with Crippen molar-refractivity contribution in [3.8, 4) is 0 Å². The number of nitrogens with two attached hydrogens (primary N) is 1. The van der Waals surface area contributed by atoms with Gasteiger partial charge in [0.25, 0.3) is 0 Å². The van der Waals surface area contributed by atoms with E-state index in [0.29, 0.717) is 12.3 Å². The van der Waals surface area contributed by atoms with E-state index < -0.39 is 20.8 Å². The summed E-state index contributed by atoms with van der Waals surface area (Å²) in [6, 6.07) is 4.48. The largest absolute Gasteiger partial charge is 0.326 e. The molecule has 0 heterocycles. The number of aryl methyl sites for hydroxylation is 1. The summed E-state index contributed by atoms with van der Waals surface area (Å²) in [6.07, 6.45) is 1.55. The molecular weight excluding hydrogens is 284 g/mol. The number of nitrogens with one attached hydrogen (secondary N) is 1. The van der Waals surface area contributed by atoms with Crippen LogP contribution in [0, 0.1) is 6.92 Å². The van der Waals surface area contributed by atoms with E-state index in [0.717, 1.165) is 11.1 Å². The molecule has 108 valence electrons. The van der Waals surface area contributed by atoms with E-state index in [1.807, 2.05) is 6.92 Å². The lowest BCUT2D eigenvalue weighted by Gasteiger charge is -2.14. The zero-order valence-electron chi connectivity index (χ0n) is 11.3. The molecule has 0 aromatic heterocycles. The number of rotatable bonds is 6. The van der Waals surface area contributed by atoms with Crippen molar-refractivity contribution in [1.82, 2.24) is 4.72 Å². The van der Waals surface area contributed by atoms with Crippen LogP contribution in [-0.2, 0) is 27.4 Å². The van der Waals surface area contributed by atoms with E-state index in [1.165, 1.54) is 6.07 Å². The fourth-order valence-corrected chi connectivity index (χ4v) is 4.00. The van der Waals surface area contributed by atoms with E-state index in [-0.39, 0.29) is 10.9 Å². The van der Waals surface area contributed by atoms with Crippen LogP contribution in [0.4, 0.5) is 0 Å². The summed E-state index contributed by atoms with van der Waals surface area (Å²) in [7, 11) is -4.62. The minimum Gasteiger partial charge on any atom is -0.326 e. The van der Waals surface area contributed by atoms with Crippen LogP contribution < -0.4 is 10.5 Å². The Balaban J connectivity index is 2.94. The first-order valence-electron chi connectivity index (χ1n) is 5.88. The summed E-state index contributed by atoms with van der Waals surface area (Å²) in [6.45, 7) is 3.90. The molecular formula is C12H20N2O3S2. The van der Waals surface area contributed by atoms with Gasteiger partial charge in [-0.05, 0) is 37.1 Å². The molecule has 0 aliphatic carbocycles. The average Bonchev–Trinajstić information content (AvgIpc) is 2.26. The Bertz CT molecular complexity index is 570. The molecule has 0 amide bonds. The summed E-state index contributed by atoms with van der Waals surface area (Å²) >= 11 is 0.